The van der Waals surface area contributed by atoms with E-state index in [0.717, 1.165) is 16.7 Å². The number of ether oxygens (including phenoxy) is 3. The van der Waals surface area contributed by atoms with E-state index in [0.29, 0.717) is 23.7 Å². The van der Waals surface area contributed by atoms with E-state index in [1.165, 1.54) is 0 Å². The maximum Gasteiger partial charge on any atom is 0.311 e. The van der Waals surface area contributed by atoms with Gasteiger partial charge in [-0.3, -0.25) is 4.79 Å². The van der Waals surface area contributed by atoms with Crippen molar-refractivity contribution in [1.82, 2.24) is 0 Å². The highest BCUT2D eigenvalue weighted by Crippen LogP contribution is 2.32. The predicted octanol–water partition coefficient (Wildman–Crippen LogP) is 3.43. The number of benzene rings is 2. The normalized spacial score (nSPS) is 11.7. The van der Waals surface area contributed by atoms with Crippen LogP contribution in [0.5, 0.6) is 17.2 Å². The van der Waals surface area contributed by atoms with Gasteiger partial charge in [-0.2, -0.15) is 0 Å². The molecular weight excluding hydrogens is 308 g/mol. The smallest absolute Gasteiger partial charge is 0.311 e. The minimum Gasteiger partial charge on any atom is -0.497 e. The van der Waals surface area contributed by atoms with Crippen molar-refractivity contribution in [3.63, 3.8) is 0 Å². The van der Waals surface area contributed by atoms with Crippen molar-refractivity contribution >= 4 is 5.97 Å². The van der Waals surface area contributed by atoms with Crippen LogP contribution in [0.4, 0.5) is 0 Å². The van der Waals surface area contributed by atoms with Gasteiger partial charge < -0.3 is 19.3 Å². The van der Waals surface area contributed by atoms with Crippen LogP contribution in [0.15, 0.2) is 36.4 Å². The topological polar surface area (TPSA) is 65.0 Å². The Hall–Kier alpha value is -2.69. The maximum atomic E-state index is 11.9. The Morgan fingerprint density at radius 3 is 2.17 bits per heavy atom. The molecule has 0 spiro atoms. The minimum absolute atomic E-state index is 0.308. The molecule has 2 rings (SSSR count). The first-order valence-electron chi connectivity index (χ1n) is 7.58. The molecule has 128 valence electrons. The number of carboxylic acids is 1. The maximum absolute atomic E-state index is 11.9. The van der Waals surface area contributed by atoms with E-state index >= 15 is 0 Å². The van der Waals surface area contributed by atoms with Gasteiger partial charge in [0.1, 0.15) is 17.2 Å². The van der Waals surface area contributed by atoms with E-state index in [2.05, 4.69) is 0 Å². The summed E-state index contributed by atoms with van der Waals surface area (Å²) in [5, 5.41) is 9.73. The molecule has 5 heteroatoms. The van der Waals surface area contributed by atoms with Gasteiger partial charge in [0.05, 0.1) is 27.2 Å². The zero-order chi connectivity index (χ0) is 17.7. The first-order chi connectivity index (χ1) is 11.5. The highest BCUT2D eigenvalue weighted by molar-refractivity contribution is 5.77. The van der Waals surface area contributed by atoms with Gasteiger partial charge in [0, 0.05) is 0 Å². The van der Waals surface area contributed by atoms with E-state index in [1.807, 2.05) is 19.1 Å². The number of aryl methyl sites for hydroxylation is 1. The number of methoxy groups -OCH3 is 3. The molecule has 0 radical (unpaired) electrons. The van der Waals surface area contributed by atoms with E-state index in [1.54, 1.807) is 45.6 Å². The van der Waals surface area contributed by atoms with Crippen molar-refractivity contribution < 1.29 is 24.1 Å². The Labute approximate surface area is 141 Å². The Bertz CT molecular complexity index is 724. The molecule has 24 heavy (non-hydrogen) atoms. The Kier molecular flexibility index (Phi) is 5.68. The third-order valence-corrected chi connectivity index (χ3v) is 4.06. The number of carbonyl (C=O) groups is 1. The number of rotatable bonds is 7. The van der Waals surface area contributed by atoms with Crippen LogP contribution in [0.1, 0.15) is 22.6 Å². The molecule has 0 saturated heterocycles. The van der Waals surface area contributed by atoms with Gasteiger partial charge in [-0.05, 0) is 60.4 Å². The molecule has 1 N–H and O–H groups in total. The van der Waals surface area contributed by atoms with E-state index in [4.69, 9.17) is 14.2 Å². The molecule has 0 aliphatic heterocycles. The summed E-state index contributed by atoms with van der Waals surface area (Å²) in [5.74, 6) is 0.457. The van der Waals surface area contributed by atoms with Crippen LogP contribution >= 0.6 is 0 Å². The largest absolute Gasteiger partial charge is 0.497 e. The lowest BCUT2D eigenvalue weighted by Gasteiger charge is -2.18. The number of carboxylic acid groups (broad SMARTS) is 1. The van der Waals surface area contributed by atoms with E-state index in [9.17, 15) is 9.90 Å². The molecule has 0 amide bonds. The number of hydrogen-bond acceptors (Lipinski definition) is 4. The van der Waals surface area contributed by atoms with Crippen molar-refractivity contribution in [2.75, 3.05) is 21.3 Å². The van der Waals surface area contributed by atoms with E-state index in [-0.39, 0.29) is 0 Å². The lowest BCUT2D eigenvalue weighted by atomic mass is 9.88. The molecule has 0 fully saturated rings. The molecule has 0 saturated carbocycles. The summed E-state index contributed by atoms with van der Waals surface area (Å²) < 4.78 is 15.8. The summed E-state index contributed by atoms with van der Waals surface area (Å²) in [4.78, 5) is 11.9. The van der Waals surface area contributed by atoms with E-state index < -0.39 is 11.9 Å². The second kappa shape index (κ2) is 7.73. The van der Waals surface area contributed by atoms with Gasteiger partial charge in [0.15, 0.2) is 0 Å². The molecule has 0 heterocycles. The van der Waals surface area contributed by atoms with Crippen LogP contribution in [0, 0.1) is 6.92 Å². The van der Waals surface area contributed by atoms with Gasteiger partial charge in [-0.15, -0.1) is 0 Å². The summed E-state index contributed by atoms with van der Waals surface area (Å²) >= 11 is 0. The Morgan fingerprint density at radius 2 is 1.62 bits per heavy atom. The standard InChI is InChI=1S/C19H22O5/c1-12-9-14(22-2)5-7-16(12)17(19(20)21)11-13-10-15(23-3)6-8-18(13)24-4/h5-10,17H,11H2,1-4H3,(H,20,21). The predicted molar refractivity (Wildman–Crippen MR) is 91.4 cm³/mol. The monoisotopic (exact) mass is 330 g/mol. The number of hydrogen-bond donors (Lipinski definition) is 1. The molecule has 0 aliphatic carbocycles. The first-order valence-corrected chi connectivity index (χ1v) is 7.58. The second-order valence-electron chi connectivity index (χ2n) is 5.50. The van der Waals surface area contributed by atoms with Crippen LogP contribution in [0.2, 0.25) is 0 Å². The lowest BCUT2D eigenvalue weighted by molar-refractivity contribution is -0.138. The van der Waals surface area contributed by atoms with Gasteiger partial charge in [-0.1, -0.05) is 6.07 Å². The second-order valence-corrected chi connectivity index (χ2v) is 5.50. The number of aliphatic carboxylic acids is 1. The van der Waals surface area contributed by atoms with Crippen molar-refractivity contribution in [2.45, 2.75) is 19.3 Å². The third-order valence-electron chi connectivity index (χ3n) is 4.06. The summed E-state index contributed by atoms with van der Waals surface area (Å²) in [6.07, 6.45) is 0.308. The quantitative estimate of drug-likeness (QED) is 0.842. The molecule has 1 unspecified atom stereocenters. The zero-order valence-corrected chi connectivity index (χ0v) is 14.3. The molecule has 2 aromatic carbocycles. The van der Waals surface area contributed by atoms with Gasteiger partial charge in [-0.25, -0.2) is 0 Å². The van der Waals surface area contributed by atoms with Gasteiger partial charge in [0.2, 0.25) is 0 Å². The van der Waals surface area contributed by atoms with Crippen LogP contribution in [0.25, 0.3) is 0 Å². The van der Waals surface area contributed by atoms with Gasteiger partial charge in [0.25, 0.3) is 0 Å². The van der Waals surface area contributed by atoms with Crippen LogP contribution < -0.4 is 14.2 Å². The fourth-order valence-electron chi connectivity index (χ4n) is 2.76. The molecule has 0 aliphatic rings. The molecule has 1 atom stereocenters. The molecule has 5 nitrogen and oxygen atoms in total. The Balaban J connectivity index is 2.41. The van der Waals surface area contributed by atoms with Crippen LogP contribution in [-0.4, -0.2) is 32.4 Å². The lowest BCUT2D eigenvalue weighted by Crippen LogP contribution is -2.16. The molecule has 0 bridgehead atoms. The SMILES string of the molecule is COc1ccc(C(Cc2cc(OC)ccc2OC)C(=O)O)c(C)c1. The fourth-order valence-corrected chi connectivity index (χ4v) is 2.76. The summed E-state index contributed by atoms with van der Waals surface area (Å²) in [7, 11) is 4.73. The molecule has 2 aromatic rings. The average Bonchev–Trinajstić information content (AvgIpc) is 2.59. The van der Waals surface area contributed by atoms with Crippen LogP contribution in [-0.2, 0) is 11.2 Å². The van der Waals surface area contributed by atoms with Gasteiger partial charge >= 0.3 is 5.97 Å². The minimum atomic E-state index is -0.881. The van der Waals surface area contributed by atoms with Crippen molar-refractivity contribution in [3.8, 4) is 17.2 Å². The van der Waals surface area contributed by atoms with Crippen LogP contribution in [0.3, 0.4) is 0 Å². The van der Waals surface area contributed by atoms with Crippen molar-refractivity contribution in [1.29, 1.82) is 0 Å². The Morgan fingerprint density at radius 1 is 1.00 bits per heavy atom. The zero-order valence-electron chi connectivity index (χ0n) is 14.3. The van der Waals surface area contributed by atoms with Crippen molar-refractivity contribution in [3.05, 3.63) is 53.1 Å². The summed E-state index contributed by atoms with van der Waals surface area (Å²) in [6.45, 7) is 1.89. The first kappa shape index (κ1) is 17.7. The highest BCUT2D eigenvalue weighted by Gasteiger charge is 2.24. The highest BCUT2D eigenvalue weighted by atomic mass is 16.5. The molecular formula is C19H22O5. The summed E-state index contributed by atoms with van der Waals surface area (Å²) in [6, 6.07) is 10.8. The summed E-state index contributed by atoms with van der Waals surface area (Å²) in [5.41, 5.74) is 2.43. The fraction of sp³-hybridized carbons (Fsp3) is 0.316. The third kappa shape index (κ3) is 3.79. The average molecular weight is 330 g/mol. The van der Waals surface area contributed by atoms with Crippen molar-refractivity contribution in [2.24, 2.45) is 0 Å². The molecule has 0 aromatic heterocycles.